The first kappa shape index (κ1) is 11.8. The molecule has 1 fully saturated rings. The Kier molecular flexibility index (Phi) is 4.12. The third kappa shape index (κ3) is 2.71. The fourth-order valence-electron chi connectivity index (χ4n) is 0.977. The average Bonchev–Trinajstić information content (AvgIpc) is 2.29. The molecular weight excluding hydrogens is 204 g/mol. The Hall–Kier alpha value is -0.170. The maximum absolute atomic E-state index is 10.8. The lowest BCUT2D eigenvalue weighted by Crippen LogP contribution is -2.36. The lowest BCUT2D eigenvalue weighted by atomic mass is 10.1. The van der Waals surface area contributed by atoms with Gasteiger partial charge in [0.15, 0.2) is 5.78 Å². The first-order valence-electron chi connectivity index (χ1n) is 3.28. The first-order chi connectivity index (χ1) is 5.05. The van der Waals surface area contributed by atoms with Gasteiger partial charge in [-0.05, 0) is 6.42 Å². The van der Waals surface area contributed by atoms with Crippen LogP contribution in [0.15, 0.2) is 0 Å². The molecule has 3 N–H and O–H groups in total. The molecule has 0 amide bonds. The highest BCUT2D eigenvalue weighted by molar-refractivity contribution is 7.89. The van der Waals surface area contributed by atoms with Crippen LogP contribution in [0.1, 0.15) is 6.42 Å². The minimum atomic E-state index is -3.18. The first-order valence-corrected chi connectivity index (χ1v) is 4.93. The SMILES string of the molecule is Cl.NCC(=O)C1CCS(=O)(=O)N1. The summed E-state index contributed by atoms with van der Waals surface area (Å²) in [6.45, 7) is -0.104. The van der Waals surface area contributed by atoms with Gasteiger partial charge in [-0.2, -0.15) is 0 Å². The topological polar surface area (TPSA) is 89.3 Å². The van der Waals surface area contributed by atoms with E-state index in [9.17, 15) is 13.2 Å². The number of halogens is 1. The Morgan fingerprint density at radius 2 is 2.17 bits per heavy atom. The quantitative estimate of drug-likeness (QED) is 0.594. The third-order valence-corrected chi connectivity index (χ3v) is 3.00. The lowest BCUT2D eigenvalue weighted by molar-refractivity contribution is -0.119. The van der Waals surface area contributed by atoms with E-state index in [0.29, 0.717) is 6.42 Å². The van der Waals surface area contributed by atoms with E-state index in [1.165, 1.54) is 0 Å². The molecule has 0 saturated carbocycles. The molecule has 0 aromatic carbocycles. The summed E-state index contributed by atoms with van der Waals surface area (Å²) in [6, 6.07) is -0.579. The summed E-state index contributed by atoms with van der Waals surface area (Å²) in [7, 11) is -3.18. The van der Waals surface area contributed by atoms with Gasteiger partial charge >= 0.3 is 0 Å². The molecule has 0 aromatic heterocycles. The molecule has 1 atom stereocenters. The van der Waals surface area contributed by atoms with Gasteiger partial charge in [-0.15, -0.1) is 12.4 Å². The molecule has 1 saturated heterocycles. The molecule has 72 valence electrons. The van der Waals surface area contributed by atoms with Gasteiger partial charge in [-0.3, -0.25) is 4.79 Å². The third-order valence-electron chi connectivity index (χ3n) is 1.59. The second-order valence-corrected chi connectivity index (χ2v) is 4.32. The largest absolute Gasteiger partial charge is 0.324 e. The maximum Gasteiger partial charge on any atom is 0.212 e. The zero-order chi connectivity index (χ0) is 8.48. The Bertz CT molecular complexity index is 264. The maximum atomic E-state index is 10.8. The summed E-state index contributed by atoms with van der Waals surface area (Å²) in [4.78, 5) is 10.8. The van der Waals surface area contributed by atoms with Crippen LogP contribution < -0.4 is 10.5 Å². The number of sulfonamides is 1. The van der Waals surface area contributed by atoms with Crippen molar-refractivity contribution in [1.29, 1.82) is 0 Å². The lowest BCUT2D eigenvalue weighted by Gasteiger charge is -2.03. The van der Waals surface area contributed by atoms with E-state index in [-0.39, 0.29) is 30.5 Å². The molecule has 0 bridgehead atoms. The summed E-state index contributed by atoms with van der Waals surface area (Å²) in [6.07, 6.45) is 0.346. The van der Waals surface area contributed by atoms with Crippen molar-refractivity contribution in [2.75, 3.05) is 12.3 Å². The van der Waals surface area contributed by atoms with Gasteiger partial charge in [0.1, 0.15) is 0 Å². The van der Waals surface area contributed by atoms with Gasteiger partial charge in [0.25, 0.3) is 0 Å². The van der Waals surface area contributed by atoms with E-state index in [2.05, 4.69) is 4.72 Å². The van der Waals surface area contributed by atoms with Gasteiger partial charge < -0.3 is 5.73 Å². The van der Waals surface area contributed by atoms with Crippen LogP contribution in [0.2, 0.25) is 0 Å². The smallest absolute Gasteiger partial charge is 0.212 e. The number of carbonyl (C=O) groups is 1. The predicted octanol–water partition coefficient (Wildman–Crippen LogP) is -1.37. The van der Waals surface area contributed by atoms with Crippen LogP contribution in [0.25, 0.3) is 0 Å². The van der Waals surface area contributed by atoms with Crippen LogP contribution in [0.4, 0.5) is 0 Å². The monoisotopic (exact) mass is 214 g/mol. The molecule has 1 rings (SSSR count). The van der Waals surface area contributed by atoms with Crippen molar-refractivity contribution in [1.82, 2.24) is 4.72 Å². The van der Waals surface area contributed by atoms with Gasteiger partial charge in [0, 0.05) is 0 Å². The number of rotatable bonds is 2. The van der Waals surface area contributed by atoms with Gasteiger partial charge in [-0.25, -0.2) is 13.1 Å². The number of nitrogens with one attached hydrogen (secondary N) is 1. The predicted molar refractivity (Wildman–Crippen MR) is 46.6 cm³/mol. The number of carbonyl (C=O) groups excluding carboxylic acids is 1. The highest BCUT2D eigenvalue weighted by atomic mass is 35.5. The molecule has 0 spiro atoms. The molecule has 1 unspecified atom stereocenters. The minimum Gasteiger partial charge on any atom is -0.324 e. The van der Waals surface area contributed by atoms with Crippen LogP contribution in [0, 0.1) is 0 Å². The van der Waals surface area contributed by atoms with Crippen molar-refractivity contribution >= 4 is 28.2 Å². The van der Waals surface area contributed by atoms with E-state index in [0.717, 1.165) is 0 Å². The Morgan fingerprint density at radius 1 is 1.58 bits per heavy atom. The highest BCUT2D eigenvalue weighted by Crippen LogP contribution is 2.07. The number of hydrogen-bond acceptors (Lipinski definition) is 4. The molecule has 1 aliphatic heterocycles. The zero-order valence-corrected chi connectivity index (χ0v) is 7.95. The van der Waals surface area contributed by atoms with Gasteiger partial charge in [0.05, 0.1) is 18.3 Å². The number of hydrogen-bond donors (Lipinski definition) is 2. The number of nitrogens with two attached hydrogens (primary N) is 1. The molecule has 1 heterocycles. The van der Waals surface area contributed by atoms with Crippen LogP contribution in [-0.2, 0) is 14.8 Å². The Balaban J connectivity index is 0.00000121. The molecule has 7 heteroatoms. The molecule has 1 aliphatic rings. The van der Waals surface area contributed by atoms with Crippen LogP contribution in [0.5, 0.6) is 0 Å². The Morgan fingerprint density at radius 3 is 2.50 bits per heavy atom. The zero-order valence-electron chi connectivity index (χ0n) is 6.32. The molecule has 0 aromatic rings. The van der Waals surface area contributed by atoms with Gasteiger partial charge in [0.2, 0.25) is 10.0 Å². The molecule has 5 nitrogen and oxygen atoms in total. The van der Waals surface area contributed by atoms with Crippen molar-refractivity contribution in [3.8, 4) is 0 Å². The second kappa shape index (κ2) is 4.18. The van der Waals surface area contributed by atoms with E-state index in [4.69, 9.17) is 5.73 Å². The fraction of sp³-hybridized carbons (Fsp3) is 0.800. The van der Waals surface area contributed by atoms with E-state index < -0.39 is 16.1 Å². The summed E-state index contributed by atoms with van der Waals surface area (Å²) >= 11 is 0. The van der Waals surface area contributed by atoms with Gasteiger partial charge in [-0.1, -0.05) is 0 Å². The molecule has 0 aliphatic carbocycles. The fourth-order valence-corrected chi connectivity index (χ4v) is 2.32. The van der Waals surface area contributed by atoms with Crippen LogP contribution in [0.3, 0.4) is 0 Å². The Labute approximate surface area is 77.2 Å². The molecular formula is C5H11ClN2O3S. The normalized spacial score (nSPS) is 26.2. The highest BCUT2D eigenvalue weighted by Gasteiger charge is 2.30. The van der Waals surface area contributed by atoms with Crippen molar-refractivity contribution in [3.63, 3.8) is 0 Å². The average molecular weight is 215 g/mol. The van der Waals surface area contributed by atoms with E-state index in [1.807, 2.05) is 0 Å². The van der Waals surface area contributed by atoms with Crippen molar-refractivity contribution < 1.29 is 13.2 Å². The summed E-state index contributed by atoms with van der Waals surface area (Å²) < 4.78 is 23.7. The van der Waals surface area contributed by atoms with Crippen molar-refractivity contribution in [2.24, 2.45) is 5.73 Å². The summed E-state index contributed by atoms with van der Waals surface area (Å²) in [5.74, 6) is -0.213. The minimum absolute atomic E-state index is 0. The van der Waals surface area contributed by atoms with Crippen LogP contribution >= 0.6 is 12.4 Å². The van der Waals surface area contributed by atoms with Crippen molar-refractivity contribution in [2.45, 2.75) is 12.5 Å². The van der Waals surface area contributed by atoms with E-state index >= 15 is 0 Å². The molecule has 12 heavy (non-hydrogen) atoms. The molecule has 0 radical (unpaired) electrons. The van der Waals surface area contributed by atoms with Crippen LogP contribution in [-0.4, -0.2) is 32.5 Å². The summed E-state index contributed by atoms with van der Waals surface area (Å²) in [5.41, 5.74) is 5.06. The van der Waals surface area contributed by atoms with Crippen molar-refractivity contribution in [3.05, 3.63) is 0 Å². The number of ketones is 1. The summed E-state index contributed by atoms with van der Waals surface area (Å²) in [5, 5.41) is 0. The van der Waals surface area contributed by atoms with E-state index in [1.54, 1.807) is 0 Å². The standard InChI is InChI=1S/C5H10N2O3S.ClH/c6-3-5(8)4-1-2-11(9,10)7-4;/h4,7H,1-3,6H2;1H. The second-order valence-electron chi connectivity index (χ2n) is 2.45. The number of Topliss-reactive ketones (excluding diaryl/α,β-unsaturated/α-hetero) is 1.